The predicted molar refractivity (Wildman–Crippen MR) is 66.9 cm³/mol. The highest BCUT2D eigenvalue weighted by Gasteiger charge is 2.19. The minimum atomic E-state index is -0.891. The summed E-state index contributed by atoms with van der Waals surface area (Å²) in [5, 5.41) is 0. The quantitative estimate of drug-likeness (QED) is 0.754. The summed E-state index contributed by atoms with van der Waals surface area (Å²) < 4.78 is 26.8. The number of halogens is 2. The lowest BCUT2D eigenvalue weighted by Gasteiger charge is -2.18. The largest absolute Gasteiger partial charge is 0.348 e. The zero-order chi connectivity index (χ0) is 14.6. The fourth-order valence-corrected chi connectivity index (χ4v) is 1.52. The molecule has 104 valence electrons. The van der Waals surface area contributed by atoms with Gasteiger partial charge in [-0.1, -0.05) is 6.07 Å². The van der Waals surface area contributed by atoms with Crippen molar-refractivity contribution in [3.8, 4) is 0 Å². The van der Waals surface area contributed by atoms with Crippen LogP contribution >= 0.6 is 0 Å². The van der Waals surface area contributed by atoms with Crippen molar-refractivity contribution < 1.29 is 18.4 Å². The number of nitrogens with zero attached hydrogens (tertiary/aromatic N) is 2. The molecule has 6 heteroatoms. The summed E-state index contributed by atoms with van der Waals surface area (Å²) in [6.45, 7) is -0.216. The lowest BCUT2D eigenvalue weighted by Crippen LogP contribution is -2.37. The maximum absolute atomic E-state index is 13.4. The Morgan fingerprint density at radius 1 is 1.05 bits per heavy atom. The summed E-state index contributed by atoms with van der Waals surface area (Å²) in [5.41, 5.74) is -0.563. The second kappa shape index (κ2) is 6.38. The first-order valence-corrected chi connectivity index (χ1v) is 5.69. The molecule has 1 aromatic rings. The Labute approximate surface area is 110 Å². The first-order chi connectivity index (χ1) is 8.82. The van der Waals surface area contributed by atoms with E-state index in [2.05, 4.69) is 0 Å². The van der Waals surface area contributed by atoms with Crippen molar-refractivity contribution in [1.82, 2.24) is 9.80 Å². The molecule has 0 atom stereocenters. The Morgan fingerprint density at radius 3 is 2.05 bits per heavy atom. The van der Waals surface area contributed by atoms with Crippen LogP contribution in [0.2, 0.25) is 0 Å². The van der Waals surface area contributed by atoms with Crippen molar-refractivity contribution >= 4 is 11.7 Å². The number of rotatable bonds is 5. The fourth-order valence-electron chi connectivity index (χ4n) is 1.52. The van der Waals surface area contributed by atoms with E-state index in [4.69, 9.17) is 0 Å². The highest BCUT2D eigenvalue weighted by Crippen LogP contribution is 2.13. The van der Waals surface area contributed by atoms with Crippen molar-refractivity contribution in [3.63, 3.8) is 0 Å². The van der Waals surface area contributed by atoms with Crippen LogP contribution in [-0.2, 0) is 4.79 Å². The number of Topliss-reactive ketones (excluding diaryl/α,β-unsaturated/α-hetero) is 1. The number of carbonyl (C=O) groups is 2. The van der Waals surface area contributed by atoms with Gasteiger partial charge in [0.25, 0.3) is 0 Å². The van der Waals surface area contributed by atoms with Crippen LogP contribution in [0, 0.1) is 11.6 Å². The molecule has 0 fully saturated rings. The maximum atomic E-state index is 13.4. The van der Waals surface area contributed by atoms with E-state index >= 15 is 0 Å². The van der Waals surface area contributed by atoms with E-state index in [0.29, 0.717) is 0 Å². The molecule has 0 saturated carbocycles. The average Bonchev–Trinajstić information content (AvgIpc) is 2.27. The maximum Gasteiger partial charge on any atom is 0.236 e. The number of carbonyl (C=O) groups excluding carboxylic acids is 2. The first-order valence-electron chi connectivity index (χ1n) is 5.69. The van der Waals surface area contributed by atoms with E-state index in [1.807, 2.05) is 0 Å². The number of ketones is 1. The molecule has 0 spiro atoms. The second-order valence-electron chi connectivity index (χ2n) is 4.48. The normalized spacial score (nSPS) is 10.6. The molecule has 0 unspecified atom stereocenters. The van der Waals surface area contributed by atoms with Crippen LogP contribution < -0.4 is 0 Å². The SMILES string of the molecule is CN(CC(=O)c1c(F)cccc1F)CC(=O)N(C)C. The number of hydrogen-bond acceptors (Lipinski definition) is 3. The molecule has 1 aromatic carbocycles. The van der Waals surface area contributed by atoms with Gasteiger partial charge in [0, 0.05) is 14.1 Å². The third-order valence-electron chi connectivity index (χ3n) is 2.56. The van der Waals surface area contributed by atoms with Gasteiger partial charge in [-0.25, -0.2) is 8.78 Å². The molecule has 0 bridgehead atoms. The highest BCUT2D eigenvalue weighted by molar-refractivity contribution is 5.98. The third-order valence-corrected chi connectivity index (χ3v) is 2.56. The Hall–Kier alpha value is -1.82. The van der Waals surface area contributed by atoms with Crippen LogP contribution in [0.1, 0.15) is 10.4 Å². The summed E-state index contributed by atoms with van der Waals surface area (Å²) >= 11 is 0. The summed E-state index contributed by atoms with van der Waals surface area (Å²) in [4.78, 5) is 26.0. The number of benzene rings is 1. The molecule has 0 aliphatic heterocycles. The van der Waals surface area contributed by atoms with Crippen molar-refractivity contribution in [2.75, 3.05) is 34.2 Å². The van der Waals surface area contributed by atoms with Gasteiger partial charge in [0.1, 0.15) is 11.6 Å². The second-order valence-corrected chi connectivity index (χ2v) is 4.48. The molecule has 0 heterocycles. The minimum absolute atomic E-state index is 0.00874. The average molecular weight is 270 g/mol. The summed E-state index contributed by atoms with van der Waals surface area (Å²) in [5.74, 6) is -2.66. The molecule has 0 saturated heterocycles. The molecule has 0 aromatic heterocycles. The fraction of sp³-hybridized carbons (Fsp3) is 0.385. The highest BCUT2D eigenvalue weighted by atomic mass is 19.1. The Kier molecular flexibility index (Phi) is 5.11. The van der Waals surface area contributed by atoms with E-state index in [9.17, 15) is 18.4 Å². The zero-order valence-corrected chi connectivity index (χ0v) is 11.1. The van der Waals surface area contributed by atoms with E-state index in [1.165, 1.54) is 22.9 Å². The van der Waals surface area contributed by atoms with Gasteiger partial charge < -0.3 is 4.90 Å². The van der Waals surface area contributed by atoms with Gasteiger partial charge in [0.15, 0.2) is 5.78 Å². The lowest BCUT2D eigenvalue weighted by molar-refractivity contribution is -0.129. The van der Waals surface area contributed by atoms with E-state index < -0.39 is 23.0 Å². The standard InChI is InChI=1S/C13H16F2N2O2/c1-16(2)12(19)8-17(3)7-11(18)13-9(14)5-4-6-10(13)15/h4-6H,7-8H2,1-3H3. The Morgan fingerprint density at radius 2 is 1.58 bits per heavy atom. The Balaban J connectivity index is 2.72. The Bertz CT molecular complexity index is 469. The van der Waals surface area contributed by atoms with Crippen molar-refractivity contribution in [2.24, 2.45) is 0 Å². The molecule has 0 N–H and O–H groups in total. The molecule has 0 radical (unpaired) electrons. The first kappa shape index (κ1) is 15.2. The third kappa shape index (κ3) is 4.10. The van der Waals surface area contributed by atoms with Gasteiger partial charge in [0.05, 0.1) is 18.7 Å². The lowest BCUT2D eigenvalue weighted by atomic mass is 10.1. The van der Waals surface area contributed by atoms with Crippen LogP contribution in [0.3, 0.4) is 0 Å². The van der Waals surface area contributed by atoms with Crippen LogP contribution in [0.4, 0.5) is 8.78 Å². The number of likely N-dealkylation sites (N-methyl/N-ethyl adjacent to an activating group) is 2. The smallest absolute Gasteiger partial charge is 0.236 e. The van der Waals surface area contributed by atoms with E-state index in [1.54, 1.807) is 14.1 Å². The summed E-state index contributed by atoms with van der Waals surface area (Å²) in [7, 11) is 4.72. The molecule has 1 amide bonds. The molecular weight excluding hydrogens is 254 g/mol. The summed E-state index contributed by atoms with van der Waals surface area (Å²) in [6, 6.07) is 3.25. The molecule has 4 nitrogen and oxygen atoms in total. The van der Waals surface area contributed by atoms with Crippen LogP contribution in [0.15, 0.2) is 18.2 Å². The van der Waals surface area contributed by atoms with Gasteiger partial charge >= 0.3 is 0 Å². The van der Waals surface area contributed by atoms with Gasteiger partial charge in [-0.3, -0.25) is 14.5 Å². The van der Waals surface area contributed by atoms with Crippen LogP contribution in [-0.4, -0.2) is 55.7 Å². The van der Waals surface area contributed by atoms with Gasteiger partial charge in [-0.05, 0) is 19.2 Å². The molecular formula is C13H16F2N2O2. The van der Waals surface area contributed by atoms with Crippen LogP contribution in [0.5, 0.6) is 0 Å². The summed E-state index contributed by atoms with van der Waals surface area (Å²) in [6.07, 6.45) is 0. The molecule has 0 aliphatic rings. The minimum Gasteiger partial charge on any atom is -0.348 e. The van der Waals surface area contributed by atoms with Gasteiger partial charge in [-0.15, -0.1) is 0 Å². The topological polar surface area (TPSA) is 40.6 Å². The zero-order valence-electron chi connectivity index (χ0n) is 11.1. The predicted octanol–water partition coefficient (Wildman–Crippen LogP) is 1.17. The van der Waals surface area contributed by atoms with Gasteiger partial charge in [-0.2, -0.15) is 0 Å². The molecule has 19 heavy (non-hydrogen) atoms. The van der Waals surface area contributed by atoms with E-state index in [-0.39, 0.29) is 19.0 Å². The molecule has 0 aliphatic carbocycles. The monoisotopic (exact) mass is 270 g/mol. The van der Waals surface area contributed by atoms with Crippen molar-refractivity contribution in [2.45, 2.75) is 0 Å². The van der Waals surface area contributed by atoms with Crippen molar-refractivity contribution in [1.29, 1.82) is 0 Å². The van der Waals surface area contributed by atoms with Gasteiger partial charge in [0.2, 0.25) is 5.91 Å². The number of hydrogen-bond donors (Lipinski definition) is 0. The van der Waals surface area contributed by atoms with Crippen molar-refractivity contribution in [3.05, 3.63) is 35.4 Å². The number of amides is 1. The van der Waals surface area contributed by atoms with E-state index in [0.717, 1.165) is 12.1 Å². The van der Waals surface area contributed by atoms with Crippen LogP contribution in [0.25, 0.3) is 0 Å². The molecule has 1 rings (SSSR count).